The van der Waals surface area contributed by atoms with Crippen LogP contribution in [0, 0.1) is 6.92 Å². The van der Waals surface area contributed by atoms with E-state index in [1.807, 2.05) is 47.5 Å². The van der Waals surface area contributed by atoms with Crippen molar-refractivity contribution in [3.8, 4) is 0 Å². The molecule has 0 spiro atoms. The molecule has 0 saturated heterocycles. The number of carboxylic acid groups (broad SMARTS) is 1. The third kappa shape index (κ3) is 4.06. The summed E-state index contributed by atoms with van der Waals surface area (Å²) in [4.78, 5) is 17.2. The van der Waals surface area contributed by atoms with Crippen molar-refractivity contribution in [2.75, 3.05) is 11.4 Å². The lowest BCUT2D eigenvalue weighted by atomic mass is 10.2. The van der Waals surface area contributed by atoms with Crippen LogP contribution in [0.5, 0.6) is 0 Å². The summed E-state index contributed by atoms with van der Waals surface area (Å²) < 4.78 is 0. The number of thiazole rings is 1. The van der Waals surface area contributed by atoms with Crippen molar-refractivity contribution < 1.29 is 9.90 Å². The van der Waals surface area contributed by atoms with Crippen molar-refractivity contribution in [2.45, 2.75) is 19.9 Å². The summed E-state index contributed by atoms with van der Waals surface area (Å²) in [6, 6.07) is 9.83. The number of carbonyl (C=O) groups is 1. The van der Waals surface area contributed by atoms with Crippen molar-refractivity contribution in [3.05, 3.63) is 46.4 Å². The molecule has 100 valence electrons. The number of rotatable bonds is 6. The molecule has 0 unspecified atom stereocenters. The van der Waals surface area contributed by atoms with E-state index in [9.17, 15) is 4.79 Å². The van der Waals surface area contributed by atoms with Gasteiger partial charge in [-0.25, -0.2) is 4.98 Å². The number of benzene rings is 1. The van der Waals surface area contributed by atoms with E-state index < -0.39 is 5.97 Å². The van der Waals surface area contributed by atoms with E-state index in [1.54, 1.807) is 11.3 Å². The van der Waals surface area contributed by atoms with Crippen molar-refractivity contribution in [3.63, 3.8) is 0 Å². The molecule has 0 aliphatic carbocycles. The Morgan fingerprint density at radius 2 is 2.11 bits per heavy atom. The summed E-state index contributed by atoms with van der Waals surface area (Å²) in [6.45, 7) is 3.09. The number of aryl methyl sites for hydroxylation is 1. The van der Waals surface area contributed by atoms with Gasteiger partial charge in [0, 0.05) is 17.6 Å². The molecule has 0 aliphatic heterocycles. The standard InChI is InChI=1S/C14H16N2O2S/c1-11-15-12(10-19-11)9-16(8-7-14(17)18)13-5-3-2-4-6-13/h2-6,10H,7-9H2,1H3,(H,17,18). The Kier molecular flexibility index (Phi) is 4.52. The molecule has 5 heteroatoms. The van der Waals surface area contributed by atoms with E-state index in [2.05, 4.69) is 4.98 Å². The van der Waals surface area contributed by atoms with Crippen LogP contribution >= 0.6 is 11.3 Å². The molecule has 1 aromatic heterocycles. The first kappa shape index (κ1) is 13.5. The molecular weight excluding hydrogens is 260 g/mol. The second kappa shape index (κ2) is 6.33. The minimum absolute atomic E-state index is 0.123. The number of aliphatic carboxylic acids is 1. The van der Waals surface area contributed by atoms with Crippen molar-refractivity contribution in [1.29, 1.82) is 0 Å². The lowest BCUT2D eigenvalue weighted by Gasteiger charge is -2.23. The van der Waals surface area contributed by atoms with Gasteiger partial charge in [-0.05, 0) is 19.1 Å². The molecule has 1 heterocycles. The topological polar surface area (TPSA) is 53.4 Å². The van der Waals surface area contributed by atoms with Gasteiger partial charge in [0.1, 0.15) is 0 Å². The predicted molar refractivity (Wildman–Crippen MR) is 76.6 cm³/mol. The van der Waals surface area contributed by atoms with Gasteiger partial charge in [0.15, 0.2) is 0 Å². The molecule has 0 bridgehead atoms. The highest BCUT2D eigenvalue weighted by Gasteiger charge is 2.10. The predicted octanol–water partition coefficient (Wildman–Crippen LogP) is 2.93. The maximum Gasteiger partial charge on any atom is 0.305 e. The third-order valence-electron chi connectivity index (χ3n) is 2.74. The fraction of sp³-hybridized carbons (Fsp3) is 0.286. The molecule has 0 atom stereocenters. The molecule has 0 radical (unpaired) electrons. The van der Waals surface area contributed by atoms with Crippen LogP contribution in [0.1, 0.15) is 17.1 Å². The summed E-state index contributed by atoms with van der Waals surface area (Å²) in [6.07, 6.45) is 0.123. The lowest BCUT2D eigenvalue weighted by Crippen LogP contribution is -2.25. The number of hydrogen-bond donors (Lipinski definition) is 1. The van der Waals surface area contributed by atoms with Gasteiger partial charge in [0.2, 0.25) is 0 Å². The summed E-state index contributed by atoms with van der Waals surface area (Å²) >= 11 is 1.61. The fourth-order valence-corrected chi connectivity index (χ4v) is 2.45. The zero-order valence-corrected chi connectivity index (χ0v) is 11.6. The average molecular weight is 276 g/mol. The van der Waals surface area contributed by atoms with Crippen LogP contribution in [-0.4, -0.2) is 22.6 Å². The average Bonchev–Trinajstić information content (AvgIpc) is 2.81. The van der Waals surface area contributed by atoms with Crippen molar-refractivity contribution in [2.24, 2.45) is 0 Å². The monoisotopic (exact) mass is 276 g/mol. The van der Waals surface area contributed by atoms with E-state index in [0.29, 0.717) is 13.1 Å². The molecule has 0 amide bonds. The van der Waals surface area contributed by atoms with Gasteiger partial charge >= 0.3 is 5.97 Å². The van der Waals surface area contributed by atoms with Gasteiger partial charge in [-0.1, -0.05) is 18.2 Å². The maximum absolute atomic E-state index is 10.8. The minimum atomic E-state index is -0.782. The van der Waals surface area contributed by atoms with Crippen molar-refractivity contribution >= 4 is 23.0 Å². The van der Waals surface area contributed by atoms with Crippen LogP contribution in [-0.2, 0) is 11.3 Å². The molecular formula is C14H16N2O2S. The Morgan fingerprint density at radius 1 is 1.37 bits per heavy atom. The molecule has 19 heavy (non-hydrogen) atoms. The van der Waals surface area contributed by atoms with Crippen LogP contribution in [0.15, 0.2) is 35.7 Å². The summed E-state index contributed by atoms with van der Waals surface area (Å²) in [7, 11) is 0. The molecule has 2 rings (SSSR count). The van der Waals surface area contributed by atoms with Gasteiger partial charge in [-0.15, -0.1) is 11.3 Å². The number of hydrogen-bond acceptors (Lipinski definition) is 4. The van der Waals surface area contributed by atoms with Crippen LogP contribution in [0.4, 0.5) is 5.69 Å². The highest BCUT2D eigenvalue weighted by atomic mass is 32.1. The van der Waals surface area contributed by atoms with E-state index in [4.69, 9.17) is 5.11 Å². The van der Waals surface area contributed by atoms with Crippen LogP contribution < -0.4 is 4.90 Å². The number of aromatic nitrogens is 1. The SMILES string of the molecule is Cc1nc(CN(CCC(=O)O)c2ccccc2)cs1. The first-order valence-electron chi connectivity index (χ1n) is 6.08. The quantitative estimate of drug-likeness (QED) is 0.881. The van der Waals surface area contributed by atoms with Gasteiger partial charge in [0.05, 0.1) is 23.7 Å². The Balaban J connectivity index is 2.12. The molecule has 0 aliphatic rings. The number of anilines is 1. The minimum Gasteiger partial charge on any atom is -0.481 e. The molecule has 2 aromatic rings. The molecule has 0 fully saturated rings. The molecule has 1 N–H and O–H groups in total. The van der Waals surface area contributed by atoms with E-state index in [0.717, 1.165) is 16.4 Å². The van der Waals surface area contributed by atoms with E-state index in [-0.39, 0.29) is 6.42 Å². The number of para-hydroxylation sites is 1. The number of carboxylic acids is 1. The molecule has 1 aromatic carbocycles. The zero-order chi connectivity index (χ0) is 13.7. The third-order valence-corrected chi connectivity index (χ3v) is 3.56. The smallest absolute Gasteiger partial charge is 0.305 e. The first-order chi connectivity index (χ1) is 9.15. The Morgan fingerprint density at radius 3 is 2.68 bits per heavy atom. The Bertz CT molecular complexity index is 539. The maximum atomic E-state index is 10.8. The van der Waals surface area contributed by atoms with Gasteiger partial charge < -0.3 is 10.0 Å². The largest absolute Gasteiger partial charge is 0.481 e. The summed E-state index contributed by atoms with van der Waals surface area (Å²) in [5, 5.41) is 11.9. The molecule has 4 nitrogen and oxygen atoms in total. The first-order valence-corrected chi connectivity index (χ1v) is 6.96. The highest BCUT2D eigenvalue weighted by molar-refractivity contribution is 7.09. The number of nitrogens with zero attached hydrogens (tertiary/aromatic N) is 2. The Hall–Kier alpha value is -1.88. The molecule has 0 saturated carbocycles. The van der Waals surface area contributed by atoms with Crippen molar-refractivity contribution in [1.82, 2.24) is 4.98 Å². The van der Waals surface area contributed by atoms with Crippen LogP contribution in [0.3, 0.4) is 0 Å². The second-order valence-corrected chi connectivity index (χ2v) is 5.32. The fourth-order valence-electron chi connectivity index (χ4n) is 1.85. The van der Waals surface area contributed by atoms with Crippen LogP contribution in [0.2, 0.25) is 0 Å². The van der Waals surface area contributed by atoms with Crippen LogP contribution in [0.25, 0.3) is 0 Å². The van der Waals surface area contributed by atoms with E-state index >= 15 is 0 Å². The highest BCUT2D eigenvalue weighted by Crippen LogP contribution is 2.18. The summed E-state index contributed by atoms with van der Waals surface area (Å²) in [5.74, 6) is -0.782. The van der Waals surface area contributed by atoms with E-state index in [1.165, 1.54) is 0 Å². The van der Waals surface area contributed by atoms with Gasteiger partial charge in [-0.3, -0.25) is 4.79 Å². The normalized spacial score (nSPS) is 10.4. The lowest BCUT2D eigenvalue weighted by molar-refractivity contribution is -0.136. The van der Waals surface area contributed by atoms with Gasteiger partial charge in [-0.2, -0.15) is 0 Å². The second-order valence-electron chi connectivity index (χ2n) is 4.26. The zero-order valence-electron chi connectivity index (χ0n) is 10.7. The summed E-state index contributed by atoms with van der Waals surface area (Å²) in [5.41, 5.74) is 2.01. The van der Waals surface area contributed by atoms with Gasteiger partial charge in [0.25, 0.3) is 0 Å². The Labute approximate surface area is 116 Å².